The van der Waals surface area contributed by atoms with Gasteiger partial charge in [-0.25, -0.2) is 0 Å². The van der Waals surface area contributed by atoms with Crippen LogP contribution in [0.1, 0.15) is 50.4 Å². The first-order valence-corrected chi connectivity index (χ1v) is 13.2. The predicted octanol–water partition coefficient (Wildman–Crippen LogP) is 3.32. The molecule has 0 radical (unpaired) electrons. The Kier molecular flexibility index (Phi) is 6.27. The molecule has 2 aromatic rings. The van der Waals surface area contributed by atoms with Crippen LogP contribution in [-0.4, -0.2) is 67.8 Å². The van der Waals surface area contributed by atoms with E-state index >= 15 is 0 Å². The quantitative estimate of drug-likeness (QED) is 0.659. The van der Waals surface area contributed by atoms with E-state index in [2.05, 4.69) is 29.3 Å². The van der Waals surface area contributed by atoms with E-state index in [4.69, 9.17) is 0 Å². The summed E-state index contributed by atoms with van der Waals surface area (Å²) >= 11 is 1.78. The molecule has 3 aliphatic rings. The number of aliphatic hydroxyl groups is 2. The van der Waals surface area contributed by atoms with Gasteiger partial charge in [0, 0.05) is 22.9 Å². The fourth-order valence-electron chi connectivity index (χ4n) is 5.64. The number of carbonyl (C=O) groups is 2. The third-order valence-corrected chi connectivity index (χ3v) is 8.86. The fraction of sp³-hybridized carbons (Fsp3) is 0.429. The summed E-state index contributed by atoms with van der Waals surface area (Å²) < 4.78 is 0. The van der Waals surface area contributed by atoms with Crippen molar-refractivity contribution in [2.75, 3.05) is 13.3 Å². The van der Waals surface area contributed by atoms with Crippen molar-refractivity contribution in [1.82, 2.24) is 14.9 Å². The van der Waals surface area contributed by atoms with Gasteiger partial charge in [-0.15, -0.1) is 11.8 Å². The van der Waals surface area contributed by atoms with Crippen LogP contribution in [0.15, 0.2) is 65.7 Å². The van der Waals surface area contributed by atoms with Crippen molar-refractivity contribution in [2.45, 2.75) is 62.1 Å². The Balaban J connectivity index is 1.74. The number of ketones is 1. The molecule has 0 aromatic heterocycles. The van der Waals surface area contributed by atoms with Gasteiger partial charge in [0.15, 0.2) is 11.3 Å². The minimum Gasteiger partial charge on any atom is -0.394 e. The molecule has 0 aliphatic carbocycles. The number of hydrogen-bond donors (Lipinski definition) is 2. The van der Waals surface area contributed by atoms with E-state index in [1.807, 2.05) is 45.0 Å². The molecular weight excluding hydrogens is 474 g/mol. The normalized spacial score (nSPS) is 27.3. The lowest BCUT2D eigenvalue weighted by atomic mass is 9.81. The van der Waals surface area contributed by atoms with E-state index in [-0.39, 0.29) is 25.2 Å². The zero-order chi connectivity index (χ0) is 25.8. The zero-order valence-corrected chi connectivity index (χ0v) is 21.9. The molecule has 36 heavy (non-hydrogen) atoms. The Labute approximate surface area is 216 Å². The third-order valence-electron chi connectivity index (χ3n) is 7.72. The highest BCUT2D eigenvalue weighted by Gasteiger charge is 2.59. The van der Waals surface area contributed by atoms with Crippen LogP contribution in [0.2, 0.25) is 0 Å². The van der Waals surface area contributed by atoms with Crippen LogP contribution in [0.3, 0.4) is 0 Å². The van der Waals surface area contributed by atoms with Gasteiger partial charge in [0.1, 0.15) is 6.10 Å². The number of fused-ring (bicyclic) bond motifs is 3. The summed E-state index contributed by atoms with van der Waals surface area (Å²) in [6.45, 7) is 7.54. The Morgan fingerprint density at radius 1 is 1.08 bits per heavy atom. The van der Waals surface area contributed by atoms with Gasteiger partial charge in [0.05, 0.1) is 25.4 Å². The van der Waals surface area contributed by atoms with E-state index in [9.17, 15) is 19.8 Å². The summed E-state index contributed by atoms with van der Waals surface area (Å²) in [6, 6.07) is 15.8. The van der Waals surface area contributed by atoms with Crippen molar-refractivity contribution >= 4 is 23.5 Å². The average Bonchev–Trinajstić information content (AvgIpc) is 3.01. The molecular formula is C28H33N3O4S. The Bertz CT molecular complexity index is 1180. The number of rotatable bonds is 3. The second-order valence-corrected chi connectivity index (χ2v) is 12.0. The first-order chi connectivity index (χ1) is 17.1. The number of aliphatic hydroxyl groups excluding tert-OH is 2. The van der Waals surface area contributed by atoms with Crippen LogP contribution in [-0.2, 0) is 15.3 Å². The van der Waals surface area contributed by atoms with Crippen LogP contribution in [0.5, 0.6) is 0 Å². The number of nitrogens with zero attached hydrogens (tertiary/aromatic N) is 3. The lowest BCUT2D eigenvalue weighted by Crippen LogP contribution is -2.77. The van der Waals surface area contributed by atoms with E-state index in [1.165, 1.54) is 11.6 Å². The smallest absolute Gasteiger partial charge is 0.254 e. The number of benzene rings is 2. The van der Waals surface area contributed by atoms with Crippen molar-refractivity contribution in [3.8, 4) is 0 Å². The maximum absolute atomic E-state index is 14.1. The molecule has 2 N–H and O–H groups in total. The van der Waals surface area contributed by atoms with Crippen LogP contribution >= 0.6 is 11.8 Å². The highest BCUT2D eigenvalue weighted by Crippen LogP contribution is 2.47. The summed E-state index contributed by atoms with van der Waals surface area (Å²) in [5.41, 5.74) is 1.43. The largest absolute Gasteiger partial charge is 0.394 e. The van der Waals surface area contributed by atoms with E-state index in [0.717, 1.165) is 21.8 Å². The summed E-state index contributed by atoms with van der Waals surface area (Å²) in [7, 11) is 0. The molecule has 1 amide bonds. The standard InChI is InChI=1S/C28H33N3O4S/c1-27(2,3)23(15-32)29-17-30(31-14-13-21(33)25(34)28(31,4)26(29)35)24-19-10-6-5-9-18(19)16-36-22-12-8-7-11-20(22)24/h5-14,23-25,32,34H,15-17H2,1-4H3/t23-,24?,25?,28?/m1/s1. The summed E-state index contributed by atoms with van der Waals surface area (Å²) in [5.74, 6) is -0.0599. The first kappa shape index (κ1) is 25.0. The van der Waals surface area contributed by atoms with Gasteiger partial charge in [0.25, 0.3) is 5.91 Å². The number of hydrogen-bond acceptors (Lipinski definition) is 7. The van der Waals surface area contributed by atoms with Crippen molar-refractivity contribution in [3.63, 3.8) is 0 Å². The molecule has 1 fully saturated rings. The minimum absolute atomic E-state index is 0.195. The number of thioether (sulfide) groups is 1. The molecule has 3 heterocycles. The van der Waals surface area contributed by atoms with Crippen LogP contribution in [0.25, 0.3) is 0 Å². The van der Waals surface area contributed by atoms with Gasteiger partial charge in [-0.2, -0.15) is 5.01 Å². The van der Waals surface area contributed by atoms with Gasteiger partial charge in [-0.3, -0.25) is 14.6 Å². The molecule has 0 spiro atoms. The number of carbonyl (C=O) groups excluding carboxylic acids is 2. The zero-order valence-electron chi connectivity index (χ0n) is 21.1. The number of hydrazine groups is 1. The molecule has 2 aromatic carbocycles. The molecule has 190 valence electrons. The Morgan fingerprint density at radius 2 is 1.75 bits per heavy atom. The monoisotopic (exact) mass is 507 g/mol. The van der Waals surface area contributed by atoms with Gasteiger partial charge in [-0.05, 0) is 35.1 Å². The van der Waals surface area contributed by atoms with Gasteiger partial charge in [0.2, 0.25) is 0 Å². The fourth-order valence-corrected chi connectivity index (χ4v) is 6.73. The van der Waals surface area contributed by atoms with E-state index in [1.54, 1.807) is 34.8 Å². The van der Waals surface area contributed by atoms with Crippen molar-refractivity contribution in [1.29, 1.82) is 0 Å². The third kappa shape index (κ3) is 3.78. The lowest BCUT2D eigenvalue weighted by Gasteiger charge is -2.59. The van der Waals surface area contributed by atoms with Crippen molar-refractivity contribution in [2.24, 2.45) is 5.41 Å². The predicted molar refractivity (Wildman–Crippen MR) is 139 cm³/mol. The molecule has 3 aliphatic heterocycles. The highest BCUT2D eigenvalue weighted by atomic mass is 32.2. The summed E-state index contributed by atoms with van der Waals surface area (Å²) in [4.78, 5) is 29.5. The Morgan fingerprint density at radius 3 is 2.44 bits per heavy atom. The lowest BCUT2D eigenvalue weighted by molar-refractivity contribution is -0.216. The number of amides is 1. The second kappa shape index (κ2) is 9.03. The molecule has 0 bridgehead atoms. The highest BCUT2D eigenvalue weighted by molar-refractivity contribution is 7.98. The maximum atomic E-state index is 14.1. The average molecular weight is 508 g/mol. The van der Waals surface area contributed by atoms with Crippen molar-refractivity contribution in [3.05, 3.63) is 77.5 Å². The molecule has 4 atom stereocenters. The SMILES string of the molecule is CC(C)(C)[C@@H](CO)N1CN(C2c3ccccc3CSc3ccccc32)N2C=CC(=O)C(O)C2(C)C1=O. The van der Waals surface area contributed by atoms with Gasteiger partial charge < -0.3 is 15.1 Å². The van der Waals surface area contributed by atoms with Crippen LogP contribution in [0, 0.1) is 5.41 Å². The molecule has 8 heteroatoms. The molecule has 0 saturated carbocycles. The molecule has 3 unspecified atom stereocenters. The summed E-state index contributed by atoms with van der Waals surface area (Å²) in [6.07, 6.45) is 1.43. The van der Waals surface area contributed by atoms with Crippen LogP contribution in [0.4, 0.5) is 0 Å². The minimum atomic E-state index is -1.55. The van der Waals surface area contributed by atoms with Crippen molar-refractivity contribution < 1.29 is 19.8 Å². The van der Waals surface area contributed by atoms with Gasteiger partial charge >= 0.3 is 0 Å². The van der Waals surface area contributed by atoms with Crippen LogP contribution < -0.4 is 0 Å². The van der Waals surface area contributed by atoms with Gasteiger partial charge in [-0.1, -0.05) is 63.2 Å². The maximum Gasteiger partial charge on any atom is 0.254 e. The van der Waals surface area contributed by atoms with E-state index < -0.39 is 28.9 Å². The first-order valence-electron chi connectivity index (χ1n) is 12.3. The van der Waals surface area contributed by atoms with E-state index in [0.29, 0.717) is 0 Å². The topological polar surface area (TPSA) is 84.3 Å². The molecule has 5 rings (SSSR count). The molecule has 1 saturated heterocycles. The molecule has 7 nitrogen and oxygen atoms in total. The summed E-state index contributed by atoms with van der Waals surface area (Å²) in [5, 5.41) is 25.4. The Hall–Kier alpha value is -2.65. The second-order valence-electron chi connectivity index (χ2n) is 11.0.